The molecule has 20 heavy (non-hydrogen) atoms. The van der Waals surface area contributed by atoms with E-state index in [1.165, 1.54) is 0 Å². The number of hydrogen-bond acceptors (Lipinski definition) is 7. The van der Waals surface area contributed by atoms with E-state index >= 15 is 0 Å². The molecule has 1 rings (SSSR count). The molecule has 0 aliphatic carbocycles. The first-order valence-electron chi connectivity index (χ1n) is 4.03. The van der Waals surface area contributed by atoms with Crippen LogP contribution in [0, 0.1) is 22.7 Å². The van der Waals surface area contributed by atoms with Crippen molar-refractivity contribution in [2.24, 2.45) is 0 Å². The maximum absolute atomic E-state index is 8.01. The third-order valence-corrected chi connectivity index (χ3v) is 4.27. The van der Waals surface area contributed by atoms with Crippen LogP contribution in [0.25, 0.3) is 0 Å². The van der Waals surface area contributed by atoms with E-state index in [9.17, 15) is 0 Å². The Hall–Kier alpha value is 0.114. The summed E-state index contributed by atoms with van der Waals surface area (Å²) in [6.45, 7) is 0. The molecule has 0 fully saturated rings. The fourth-order valence-electron chi connectivity index (χ4n) is 0.575. The van der Waals surface area contributed by atoms with Crippen LogP contribution in [0.3, 0.4) is 0 Å². The topological polar surface area (TPSA) is 60.5 Å². The Bertz CT molecular complexity index is 562. The molecule has 0 saturated heterocycles. The van der Waals surface area contributed by atoms with Gasteiger partial charge in [-0.15, -0.1) is 9.81 Å². The molecule has 0 aliphatic heterocycles. The van der Waals surface area contributed by atoms with Crippen molar-refractivity contribution < 1.29 is 16.5 Å². The molecular formula is C9Cl3N3NiS4-4. The fourth-order valence-corrected chi connectivity index (χ4v) is 1.71. The molecule has 1 aromatic heterocycles. The number of nitriles is 2. The van der Waals surface area contributed by atoms with E-state index in [2.05, 4.69) is 30.2 Å². The molecule has 0 N–H and O–H groups in total. The Morgan fingerprint density at radius 2 is 1.30 bits per heavy atom. The van der Waals surface area contributed by atoms with Crippen LogP contribution in [0.15, 0.2) is 19.6 Å². The van der Waals surface area contributed by atoms with Crippen molar-refractivity contribution in [2.75, 3.05) is 0 Å². The minimum atomic E-state index is -0.109. The zero-order chi connectivity index (χ0) is 15.2. The number of aromatic nitrogens is 1. The van der Waals surface area contributed by atoms with Gasteiger partial charge in [0.05, 0.1) is 17.2 Å². The monoisotopic (exact) mass is 441 g/mol. The van der Waals surface area contributed by atoms with Crippen LogP contribution in [-0.4, -0.2) is 4.98 Å². The molecule has 0 amide bonds. The first-order chi connectivity index (χ1) is 8.76. The Morgan fingerprint density at radius 3 is 1.65 bits per heavy atom. The molecule has 0 spiro atoms. The third-order valence-electron chi connectivity index (χ3n) is 1.38. The van der Waals surface area contributed by atoms with Gasteiger partial charge in [0.25, 0.3) is 0 Å². The summed E-state index contributed by atoms with van der Waals surface area (Å²) >= 11 is 35.1. The molecular weight excluding hydrogens is 443 g/mol. The second-order valence-corrected chi connectivity index (χ2v) is 5.27. The van der Waals surface area contributed by atoms with Gasteiger partial charge >= 0.3 is 0 Å². The van der Waals surface area contributed by atoms with Gasteiger partial charge < -0.3 is 50.5 Å². The summed E-state index contributed by atoms with van der Waals surface area (Å²) in [4.78, 5) is 4.00. The van der Waals surface area contributed by atoms with Gasteiger partial charge in [0.2, 0.25) is 0 Å². The van der Waals surface area contributed by atoms with Gasteiger partial charge in [-0.2, -0.15) is 20.3 Å². The van der Waals surface area contributed by atoms with Crippen molar-refractivity contribution in [3.63, 3.8) is 0 Å². The SMILES string of the molecule is N#C/C([S-])=C(/[S-])C#N.[Ni].[S-]c1c(Cl)nc(Cl)c(Cl)c1[S-]. The number of hydrogen-bond donors (Lipinski definition) is 0. The van der Waals surface area contributed by atoms with Crippen molar-refractivity contribution in [1.29, 1.82) is 10.5 Å². The van der Waals surface area contributed by atoms with Crippen molar-refractivity contribution in [3.05, 3.63) is 25.1 Å². The molecule has 0 unspecified atom stereocenters. The zero-order valence-electron chi connectivity index (χ0n) is 8.92. The average molecular weight is 443 g/mol. The predicted molar refractivity (Wildman–Crippen MR) is 83.5 cm³/mol. The van der Waals surface area contributed by atoms with E-state index in [4.69, 9.17) is 70.6 Å². The molecule has 3 nitrogen and oxygen atoms in total. The van der Waals surface area contributed by atoms with Crippen LogP contribution in [0.1, 0.15) is 0 Å². The minimum Gasteiger partial charge on any atom is -0.779 e. The number of rotatable bonds is 0. The largest absolute Gasteiger partial charge is 0.779 e. The standard InChI is InChI=1S/C5H2Cl3NS2.C4H2N2S2.Ni/c6-1-2(10)3(11)5(8)9-4(1)7;5-1-3(7)4(8)2-6;/h11H,(H,9,10);7-8H;/p-4/b;4-3-;. The van der Waals surface area contributed by atoms with Crippen LogP contribution < -0.4 is 0 Å². The normalized spacial score (nSPS) is 9.85. The van der Waals surface area contributed by atoms with E-state index in [0.717, 1.165) is 0 Å². The quantitative estimate of drug-likeness (QED) is 0.264. The van der Waals surface area contributed by atoms with Crippen molar-refractivity contribution in [2.45, 2.75) is 9.79 Å². The van der Waals surface area contributed by atoms with Crippen LogP contribution in [0.2, 0.25) is 15.3 Å². The van der Waals surface area contributed by atoms with E-state index in [-0.39, 0.29) is 51.4 Å². The van der Waals surface area contributed by atoms with Gasteiger partial charge in [-0.25, -0.2) is 4.98 Å². The zero-order valence-corrected chi connectivity index (χ0v) is 15.4. The van der Waals surface area contributed by atoms with Gasteiger partial charge in [-0.3, -0.25) is 0 Å². The minimum absolute atomic E-state index is 0. The Balaban J connectivity index is 0. The van der Waals surface area contributed by atoms with E-state index in [1.807, 2.05) is 0 Å². The number of halogens is 3. The van der Waals surface area contributed by atoms with Crippen molar-refractivity contribution in [3.8, 4) is 12.1 Å². The predicted octanol–water partition coefficient (Wildman–Crippen LogP) is 3.19. The molecule has 0 saturated carbocycles. The fraction of sp³-hybridized carbons (Fsp3) is 0. The number of nitrogens with zero attached hydrogens (tertiary/aromatic N) is 3. The second kappa shape index (κ2) is 10.8. The van der Waals surface area contributed by atoms with E-state index in [0.29, 0.717) is 0 Å². The maximum atomic E-state index is 8.01. The summed E-state index contributed by atoms with van der Waals surface area (Å²) in [5, 5.41) is 16.4. The van der Waals surface area contributed by atoms with Gasteiger partial charge in [-0.1, -0.05) is 34.8 Å². The Kier molecular flexibility index (Phi) is 12.1. The van der Waals surface area contributed by atoms with Crippen LogP contribution in [-0.2, 0) is 67.0 Å². The van der Waals surface area contributed by atoms with Crippen LogP contribution in [0.5, 0.6) is 0 Å². The summed E-state index contributed by atoms with van der Waals surface area (Å²) in [6.07, 6.45) is 0. The van der Waals surface area contributed by atoms with Crippen molar-refractivity contribution in [1.82, 2.24) is 4.98 Å². The second-order valence-electron chi connectivity index (χ2n) is 2.55. The summed E-state index contributed by atoms with van der Waals surface area (Å²) in [7, 11) is 0. The Labute approximate surface area is 163 Å². The maximum Gasteiger partial charge on any atom is 0.147 e. The summed E-state index contributed by atoms with van der Waals surface area (Å²) < 4.78 is 0. The van der Waals surface area contributed by atoms with Crippen LogP contribution in [0.4, 0.5) is 0 Å². The third kappa shape index (κ3) is 6.71. The average Bonchev–Trinajstić information content (AvgIpc) is 2.41. The first-order valence-corrected chi connectivity index (χ1v) is 6.79. The first kappa shape index (κ1) is 22.4. The van der Waals surface area contributed by atoms with Gasteiger partial charge in [-0.05, 0) is 0 Å². The molecule has 0 aliphatic rings. The van der Waals surface area contributed by atoms with Crippen LogP contribution >= 0.6 is 34.8 Å². The summed E-state index contributed by atoms with van der Waals surface area (Å²) in [6, 6.07) is 3.17. The molecule has 1 aromatic rings. The number of pyridine rings is 1. The summed E-state index contributed by atoms with van der Waals surface area (Å²) in [5.74, 6) is 0. The van der Waals surface area contributed by atoms with E-state index in [1.54, 1.807) is 12.1 Å². The number of allylic oxidation sites excluding steroid dienone is 2. The molecule has 0 radical (unpaired) electrons. The smallest absolute Gasteiger partial charge is 0.147 e. The molecule has 110 valence electrons. The van der Waals surface area contributed by atoms with Gasteiger partial charge in [0, 0.05) is 16.5 Å². The molecule has 1 heterocycles. The van der Waals surface area contributed by atoms with E-state index < -0.39 is 0 Å². The van der Waals surface area contributed by atoms with Crippen molar-refractivity contribution >= 4 is 85.3 Å². The summed E-state index contributed by atoms with van der Waals surface area (Å²) in [5.41, 5.74) is 0. The molecule has 0 atom stereocenters. The van der Waals surface area contributed by atoms with Gasteiger partial charge in [0.15, 0.2) is 0 Å². The molecule has 0 bridgehead atoms. The molecule has 11 heteroatoms. The Morgan fingerprint density at radius 1 is 0.900 bits per heavy atom. The molecule has 0 aromatic carbocycles. The van der Waals surface area contributed by atoms with Gasteiger partial charge in [0.1, 0.15) is 10.3 Å².